The number of nitrogens with zero attached hydrogens (tertiary/aromatic N) is 2. The minimum atomic E-state index is -0.203. The number of nitrogens with one attached hydrogen (secondary N) is 1. The number of amides is 1. The van der Waals surface area contributed by atoms with Crippen molar-refractivity contribution in [2.45, 2.75) is 26.6 Å². The molecule has 5 nitrogen and oxygen atoms in total. The highest BCUT2D eigenvalue weighted by atomic mass is 35.5. The molecular weight excluding hydrogens is 326 g/mol. The summed E-state index contributed by atoms with van der Waals surface area (Å²) in [6.07, 6.45) is 0. The van der Waals surface area contributed by atoms with Crippen molar-refractivity contribution >= 4 is 28.5 Å². The van der Waals surface area contributed by atoms with Crippen molar-refractivity contribution in [3.63, 3.8) is 0 Å². The first-order valence-corrected chi connectivity index (χ1v) is 8.17. The maximum atomic E-state index is 12.5. The molecule has 1 heterocycles. The van der Waals surface area contributed by atoms with Gasteiger partial charge in [-0.1, -0.05) is 35.9 Å². The predicted molar refractivity (Wildman–Crippen MR) is 95.2 cm³/mol. The van der Waals surface area contributed by atoms with Gasteiger partial charge in [0, 0.05) is 18.1 Å². The summed E-state index contributed by atoms with van der Waals surface area (Å²) >= 11 is 5.84. The summed E-state index contributed by atoms with van der Waals surface area (Å²) in [4.78, 5) is 24.7. The van der Waals surface area contributed by atoms with Gasteiger partial charge in [-0.3, -0.25) is 13.9 Å². The van der Waals surface area contributed by atoms with E-state index in [0.29, 0.717) is 18.1 Å². The number of aryl methyl sites for hydroxylation is 1. The van der Waals surface area contributed by atoms with E-state index in [0.717, 1.165) is 16.6 Å². The number of hydrogen-bond acceptors (Lipinski definition) is 2. The van der Waals surface area contributed by atoms with E-state index in [1.807, 2.05) is 43.3 Å². The molecule has 0 fully saturated rings. The van der Waals surface area contributed by atoms with Crippen LogP contribution in [-0.4, -0.2) is 15.0 Å². The molecule has 0 atom stereocenters. The van der Waals surface area contributed by atoms with Gasteiger partial charge in [-0.2, -0.15) is 0 Å². The molecule has 0 spiro atoms. The van der Waals surface area contributed by atoms with Gasteiger partial charge in [-0.15, -0.1) is 0 Å². The van der Waals surface area contributed by atoms with Gasteiger partial charge in [0.15, 0.2) is 0 Å². The van der Waals surface area contributed by atoms with Crippen molar-refractivity contribution in [3.8, 4) is 0 Å². The van der Waals surface area contributed by atoms with Crippen LogP contribution in [0.3, 0.4) is 0 Å². The van der Waals surface area contributed by atoms with Crippen molar-refractivity contribution in [3.05, 3.63) is 69.6 Å². The number of carbonyl (C=O) groups excluding carboxylic acids is 1. The fourth-order valence-electron chi connectivity index (χ4n) is 2.73. The molecule has 24 heavy (non-hydrogen) atoms. The first-order chi connectivity index (χ1) is 11.6. The van der Waals surface area contributed by atoms with Gasteiger partial charge in [-0.25, -0.2) is 4.79 Å². The third kappa shape index (κ3) is 3.21. The zero-order valence-electron chi connectivity index (χ0n) is 13.3. The van der Waals surface area contributed by atoms with Crippen molar-refractivity contribution in [1.82, 2.24) is 14.5 Å². The van der Waals surface area contributed by atoms with Crippen molar-refractivity contribution in [2.75, 3.05) is 0 Å². The molecule has 0 radical (unpaired) electrons. The van der Waals surface area contributed by atoms with Crippen LogP contribution in [0.4, 0.5) is 0 Å². The van der Waals surface area contributed by atoms with E-state index in [2.05, 4.69) is 5.32 Å². The van der Waals surface area contributed by atoms with E-state index >= 15 is 0 Å². The molecule has 1 N–H and O–H groups in total. The van der Waals surface area contributed by atoms with Crippen molar-refractivity contribution in [1.29, 1.82) is 0 Å². The molecule has 1 aromatic heterocycles. The minimum Gasteiger partial charge on any atom is -0.350 e. The fraction of sp³-hybridized carbons (Fsp3) is 0.222. The number of imidazole rings is 1. The largest absolute Gasteiger partial charge is 0.350 e. The first-order valence-electron chi connectivity index (χ1n) is 7.79. The smallest absolute Gasteiger partial charge is 0.329 e. The van der Waals surface area contributed by atoms with Crippen LogP contribution in [0.1, 0.15) is 12.5 Å². The van der Waals surface area contributed by atoms with E-state index in [-0.39, 0.29) is 18.1 Å². The van der Waals surface area contributed by atoms with Gasteiger partial charge in [0.1, 0.15) is 6.54 Å². The molecule has 0 bridgehead atoms. The maximum absolute atomic E-state index is 12.5. The fourth-order valence-corrected chi connectivity index (χ4v) is 2.86. The van der Waals surface area contributed by atoms with Crippen LogP contribution in [0.2, 0.25) is 5.02 Å². The molecular formula is C18H18ClN3O2. The van der Waals surface area contributed by atoms with Crippen LogP contribution in [0.15, 0.2) is 53.3 Å². The Morgan fingerprint density at radius 2 is 1.67 bits per heavy atom. The summed E-state index contributed by atoms with van der Waals surface area (Å²) < 4.78 is 3.18. The van der Waals surface area contributed by atoms with Crippen LogP contribution < -0.4 is 11.0 Å². The second-order valence-electron chi connectivity index (χ2n) is 5.50. The molecule has 3 rings (SSSR count). The SMILES string of the molecule is CCn1c(=O)n(CC(=O)NCc2ccc(Cl)cc2)c2ccccc21. The summed E-state index contributed by atoms with van der Waals surface area (Å²) in [5, 5.41) is 3.49. The highest BCUT2D eigenvalue weighted by Gasteiger charge is 2.14. The monoisotopic (exact) mass is 343 g/mol. The van der Waals surface area contributed by atoms with Crippen molar-refractivity contribution < 1.29 is 4.79 Å². The van der Waals surface area contributed by atoms with Gasteiger partial charge in [0.2, 0.25) is 5.91 Å². The number of carbonyl (C=O) groups is 1. The summed E-state index contributed by atoms with van der Waals surface area (Å²) in [5.41, 5.74) is 2.40. The normalized spacial score (nSPS) is 10.9. The summed E-state index contributed by atoms with van der Waals surface area (Å²) in [5.74, 6) is -0.203. The number of fused-ring (bicyclic) bond motifs is 1. The second kappa shape index (κ2) is 6.93. The minimum absolute atomic E-state index is 0.0000631. The number of aromatic nitrogens is 2. The Morgan fingerprint density at radius 3 is 2.29 bits per heavy atom. The third-order valence-corrected chi connectivity index (χ3v) is 4.20. The zero-order chi connectivity index (χ0) is 17.1. The summed E-state index contributed by atoms with van der Waals surface area (Å²) in [6, 6.07) is 14.8. The lowest BCUT2D eigenvalue weighted by Gasteiger charge is -2.06. The van der Waals surface area contributed by atoms with E-state index in [1.54, 1.807) is 16.7 Å². The van der Waals surface area contributed by atoms with E-state index in [1.165, 1.54) is 4.57 Å². The van der Waals surface area contributed by atoms with Crippen LogP contribution in [-0.2, 0) is 24.4 Å². The highest BCUT2D eigenvalue weighted by Crippen LogP contribution is 2.12. The predicted octanol–water partition coefficient (Wildman–Crippen LogP) is 2.79. The third-order valence-electron chi connectivity index (χ3n) is 3.95. The lowest BCUT2D eigenvalue weighted by molar-refractivity contribution is -0.121. The van der Waals surface area contributed by atoms with Crippen LogP contribution in [0.5, 0.6) is 0 Å². The average molecular weight is 344 g/mol. The molecule has 0 aliphatic carbocycles. The molecule has 2 aromatic carbocycles. The Balaban J connectivity index is 1.77. The van der Waals surface area contributed by atoms with Crippen LogP contribution in [0.25, 0.3) is 11.0 Å². The number of para-hydroxylation sites is 2. The quantitative estimate of drug-likeness (QED) is 0.774. The molecule has 0 aliphatic heterocycles. The zero-order valence-corrected chi connectivity index (χ0v) is 14.1. The first kappa shape index (κ1) is 16.3. The molecule has 0 aliphatic rings. The van der Waals surface area contributed by atoms with E-state index < -0.39 is 0 Å². The Bertz CT molecular complexity index is 926. The maximum Gasteiger partial charge on any atom is 0.329 e. The molecule has 1 amide bonds. The van der Waals surface area contributed by atoms with Gasteiger partial charge >= 0.3 is 5.69 Å². The van der Waals surface area contributed by atoms with Crippen LogP contribution in [0, 0.1) is 0 Å². The Hall–Kier alpha value is -2.53. The molecule has 0 saturated heterocycles. The molecule has 3 aromatic rings. The second-order valence-corrected chi connectivity index (χ2v) is 5.94. The van der Waals surface area contributed by atoms with Gasteiger partial charge < -0.3 is 5.32 Å². The Morgan fingerprint density at radius 1 is 1.04 bits per heavy atom. The highest BCUT2D eigenvalue weighted by molar-refractivity contribution is 6.30. The number of rotatable bonds is 5. The van der Waals surface area contributed by atoms with Crippen LogP contribution >= 0.6 is 11.6 Å². The summed E-state index contributed by atoms with van der Waals surface area (Å²) in [7, 11) is 0. The molecule has 0 unspecified atom stereocenters. The molecule has 0 saturated carbocycles. The molecule has 6 heteroatoms. The number of hydrogen-bond donors (Lipinski definition) is 1. The lowest BCUT2D eigenvalue weighted by Crippen LogP contribution is -2.32. The van der Waals surface area contributed by atoms with Crippen molar-refractivity contribution in [2.24, 2.45) is 0 Å². The number of benzene rings is 2. The van der Waals surface area contributed by atoms with E-state index in [4.69, 9.17) is 11.6 Å². The van der Waals surface area contributed by atoms with Gasteiger partial charge in [0.25, 0.3) is 0 Å². The molecule has 124 valence electrons. The topological polar surface area (TPSA) is 56.0 Å². The van der Waals surface area contributed by atoms with E-state index in [9.17, 15) is 9.59 Å². The Kier molecular flexibility index (Phi) is 4.71. The van der Waals surface area contributed by atoms with Gasteiger partial charge in [0.05, 0.1) is 11.0 Å². The standard InChI is InChI=1S/C18H18ClN3O2/c1-2-21-15-5-3-4-6-16(15)22(18(21)24)12-17(23)20-11-13-7-9-14(19)10-8-13/h3-10H,2,11-12H2,1H3,(H,20,23). The summed E-state index contributed by atoms with van der Waals surface area (Å²) in [6.45, 7) is 2.88. The average Bonchev–Trinajstić information content (AvgIpc) is 2.86. The lowest BCUT2D eigenvalue weighted by atomic mass is 10.2. The Labute approximate surface area is 144 Å². The number of halogens is 1. The van der Waals surface area contributed by atoms with Gasteiger partial charge in [-0.05, 0) is 36.8 Å².